The summed E-state index contributed by atoms with van der Waals surface area (Å²) in [5.41, 5.74) is 4.67. The van der Waals surface area contributed by atoms with Gasteiger partial charge < -0.3 is 10.2 Å². The number of hydrogen-bond donors (Lipinski definition) is 1. The number of nitrogens with zero attached hydrogens (tertiary/aromatic N) is 5. The molecule has 1 atom stereocenters. The van der Waals surface area contributed by atoms with E-state index in [4.69, 9.17) is 9.97 Å². The molecule has 0 aliphatic carbocycles. The van der Waals surface area contributed by atoms with Crippen LogP contribution in [-0.2, 0) is 13.6 Å². The summed E-state index contributed by atoms with van der Waals surface area (Å²) in [4.78, 5) is 11.9. The van der Waals surface area contributed by atoms with E-state index in [1.807, 2.05) is 24.1 Å². The molecule has 0 aromatic carbocycles. The van der Waals surface area contributed by atoms with Gasteiger partial charge in [-0.3, -0.25) is 4.68 Å². The molecule has 3 heterocycles. The fraction of sp³-hybridized carbons (Fsp3) is 0.650. The summed E-state index contributed by atoms with van der Waals surface area (Å²) in [7, 11) is 1.98. The van der Waals surface area contributed by atoms with Gasteiger partial charge >= 0.3 is 0 Å². The maximum atomic E-state index is 4.83. The molecule has 142 valence electrons. The standard InChI is InChI=1S/C20H32N6/c1-15(21-12-18-13-23-25(4)17(18)3)19-14-22-20(24-16(19)2)26-10-8-6-5-7-9-11-26/h13-15,21H,5-12H2,1-4H3. The van der Waals surface area contributed by atoms with Crippen LogP contribution < -0.4 is 10.2 Å². The zero-order valence-corrected chi connectivity index (χ0v) is 16.6. The van der Waals surface area contributed by atoms with E-state index in [1.165, 1.54) is 48.9 Å². The summed E-state index contributed by atoms with van der Waals surface area (Å²) < 4.78 is 1.91. The van der Waals surface area contributed by atoms with Gasteiger partial charge in [-0.15, -0.1) is 0 Å². The average molecular weight is 357 g/mol. The lowest BCUT2D eigenvalue weighted by atomic mass is 10.1. The Morgan fingerprint density at radius 3 is 2.38 bits per heavy atom. The lowest BCUT2D eigenvalue weighted by Crippen LogP contribution is -2.29. The molecule has 1 saturated heterocycles. The first-order chi connectivity index (χ1) is 12.6. The summed E-state index contributed by atoms with van der Waals surface area (Å²) in [5, 5.41) is 7.89. The van der Waals surface area contributed by atoms with Crippen molar-refractivity contribution in [2.45, 2.75) is 65.5 Å². The molecule has 2 aromatic heterocycles. The molecule has 0 bridgehead atoms. The molecule has 0 spiro atoms. The van der Waals surface area contributed by atoms with Crippen molar-refractivity contribution < 1.29 is 0 Å². The van der Waals surface area contributed by atoms with Gasteiger partial charge in [-0.1, -0.05) is 19.3 Å². The van der Waals surface area contributed by atoms with Gasteiger partial charge in [0.25, 0.3) is 0 Å². The number of nitrogens with one attached hydrogen (secondary N) is 1. The van der Waals surface area contributed by atoms with E-state index in [0.29, 0.717) is 0 Å². The minimum absolute atomic E-state index is 0.205. The minimum Gasteiger partial charge on any atom is -0.341 e. The molecule has 1 aliphatic heterocycles. The zero-order valence-electron chi connectivity index (χ0n) is 16.6. The fourth-order valence-corrected chi connectivity index (χ4v) is 3.58. The Labute approximate surface area is 157 Å². The zero-order chi connectivity index (χ0) is 18.5. The summed E-state index contributed by atoms with van der Waals surface area (Å²) in [6.45, 7) is 9.32. The molecule has 0 radical (unpaired) electrons. The quantitative estimate of drug-likeness (QED) is 0.889. The molecule has 26 heavy (non-hydrogen) atoms. The predicted molar refractivity (Wildman–Crippen MR) is 105 cm³/mol. The van der Waals surface area contributed by atoms with Crippen molar-refractivity contribution in [2.75, 3.05) is 18.0 Å². The second-order valence-electron chi connectivity index (χ2n) is 7.45. The third-order valence-corrected chi connectivity index (χ3v) is 5.55. The van der Waals surface area contributed by atoms with Gasteiger partial charge in [0.05, 0.1) is 6.20 Å². The Morgan fingerprint density at radius 1 is 1.08 bits per heavy atom. The van der Waals surface area contributed by atoms with Gasteiger partial charge in [0.15, 0.2) is 0 Å². The number of aromatic nitrogens is 4. The predicted octanol–water partition coefficient (Wildman–Crippen LogP) is 3.45. The lowest BCUT2D eigenvalue weighted by Gasteiger charge is -2.25. The first-order valence-electron chi connectivity index (χ1n) is 9.85. The van der Waals surface area contributed by atoms with E-state index in [9.17, 15) is 0 Å². The van der Waals surface area contributed by atoms with Gasteiger partial charge in [-0.25, -0.2) is 9.97 Å². The highest BCUT2D eigenvalue weighted by atomic mass is 15.3. The van der Waals surface area contributed by atoms with Crippen LogP contribution in [0.4, 0.5) is 5.95 Å². The van der Waals surface area contributed by atoms with Crippen molar-refractivity contribution in [3.05, 3.63) is 34.9 Å². The number of aryl methyl sites for hydroxylation is 2. The summed E-state index contributed by atoms with van der Waals surface area (Å²) >= 11 is 0. The van der Waals surface area contributed by atoms with Crippen LogP contribution >= 0.6 is 0 Å². The van der Waals surface area contributed by atoms with Crippen molar-refractivity contribution in [3.8, 4) is 0 Å². The van der Waals surface area contributed by atoms with E-state index < -0.39 is 0 Å². The molecule has 1 aliphatic rings. The topological polar surface area (TPSA) is 58.9 Å². The molecule has 1 N–H and O–H groups in total. The van der Waals surface area contributed by atoms with Gasteiger partial charge in [-0.05, 0) is 33.6 Å². The second kappa shape index (κ2) is 8.62. The molecule has 3 rings (SSSR count). The maximum Gasteiger partial charge on any atom is 0.225 e. The second-order valence-corrected chi connectivity index (χ2v) is 7.45. The van der Waals surface area contributed by atoms with E-state index in [-0.39, 0.29) is 6.04 Å². The first kappa shape index (κ1) is 18.8. The molecule has 0 amide bonds. The molecule has 0 saturated carbocycles. The van der Waals surface area contributed by atoms with Gasteiger partial charge in [0.2, 0.25) is 5.95 Å². The van der Waals surface area contributed by atoms with Crippen LogP contribution in [0.5, 0.6) is 0 Å². The molecule has 1 unspecified atom stereocenters. The Bertz CT molecular complexity index is 715. The normalized spacial score (nSPS) is 17.0. The van der Waals surface area contributed by atoms with Gasteiger partial charge in [0, 0.05) is 61.4 Å². The van der Waals surface area contributed by atoms with E-state index in [1.54, 1.807) is 0 Å². The Hall–Kier alpha value is -1.95. The third-order valence-electron chi connectivity index (χ3n) is 5.55. The summed E-state index contributed by atoms with van der Waals surface area (Å²) in [6.07, 6.45) is 10.4. The smallest absolute Gasteiger partial charge is 0.225 e. The molecule has 2 aromatic rings. The minimum atomic E-state index is 0.205. The highest BCUT2D eigenvalue weighted by molar-refractivity contribution is 5.34. The Morgan fingerprint density at radius 2 is 1.77 bits per heavy atom. The van der Waals surface area contributed by atoms with Crippen LogP contribution in [0, 0.1) is 13.8 Å². The van der Waals surface area contributed by atoms with Gasteiger partial charge in [-0.2, -0.15) is 5.10 Å². The number of anilines is 1. The SMILES string of the molecule is Cc1nc(N2CCCCCCC2)ncc1C(C)NCc1cnn(C)c1C. The lowest BCUT2D eigenvalue weighted by molar-refractivity contribution is 0.546. The van der Waals surface area contributed by atoms with Crippen LogP contribution in [-0.4, -0.2) is 32.8 Å². The fourth-order valence-electron chi connectivity index (χ4n) is 3.58. The Balaban J connectivity index is 1.65. The monoisotopic (exact) mass is 356 g/mol. The van der Waals surface area contributed by atoms with Crippen LogP contribution in [0.1, 0.15) is 67.6 Å². The van der Waals surface area contributed by atoms with Crippen LogP contribution in [0.2, 0.25) is 0 Å². The van der Waals surface area contributed by atoms with Crippen LogP contribution in [0.25, 0.3) is 0 Å². The van der Waals surface area contributed by atoms with Crippen molar-refractivity contribution in [3.63, 3.8) is 0 Å². The molecule has 6 nitrogen and oxygen atoms in total. The largest absolute Gasteiger partial charge is 0.341 e. The molecule has 6 heteroatoms. The summed E-state index contributed by atoms with van der Waals surface area (Å²) in [6, 6.07) is 0.205. The summed E-state index contributed by atoms with van der Waals surface area (Å²) in [5.74, 6) is 0.892. The van der Waals surface area contributed by atoms with Crippen LogP contribution in [0.3, 0.4) is 0 Å². The third kappa shape index (κ3) is 4.41. The molecular weight excluding hydrogens is 324 g/mol. The van der Waals surface area contributed by atoms with Gasteiger partial charge in [0.1, 0.15) is 0 Å². The van der Waals surface area contributed by atoms with E-state index in [2.05, 4.69) is 36.1 Å². The number of rotatable bonds is 5. The van der Waals surface area contributed by atoms with E-state index >= 15 is 0 Å². The first-order valence-corrected chi connectivity index (χ1v) is 9.85. The highest BCUT2D eigenvalue weighted by Crippen LogP contribution is 2.20. The molecular formula is C20H32N6. The Kier molecular flexibility index (Phi) is 6.25. The highest BCUT2D eigenvalue weighted by Gasteiger charge is 2.16. The van der Waals surface area contributed by atoms with Crippen molar-refractivity contribution in [1.82, 2.24) is 25.1 Å². The van der Waals surface area contributed by atoms with Crippen molar-refractivity contribution in [1.29, 1.82) is 0 Å². The number of hydrogen-bond acceptors (Lipinski definition) is 5. The average Bonchev–Trinajstić information content (AvgIpc) is 2.91. The van der Waals surface area contributed by atoms with E-state index in [0.717, 1.165) is 31.3 Å². The van der Waals surface area contributed by atoms with Crippen molar-refractivity contribution in [2.24, 2.45) is 7.05 Å². The van der Waals surface area contributed by atoms with Crippen molar-refractivity contribution >= 4 is 5.95 Å². The molecule has 1 fully saturated rings. The van der Waals surface area contributed by atoms with Crippen LogP contribution in [0.15, 0.2) is 12.4 Å². The maximum absolute atomic E-state index is 4.83.